The largest absolute Gasteiger partial charge is 0.494 e. The lowest BCUT2D eigenvalue weighted by molar-refractivity contribution is -0.914. The number of nitrogens with one attached hydrogen (secondary N) is 2. The summed E-state index contributed by atoms with van der Waals surface area (Å²) in [6, 6.07) is 24.1. The number of rotatable bonds is 9. The Bertz CT molecular complexity index is 1040. The average molecular weight is 461 g/mol. The minimum atomic E-state index is -0.187. The summed E-state index contributed by atoms with van der Waals surface area (Å²) in [6.07, 6.45) is 0. The predicted octanol–water partition coefficient (Wildman–Crippen LogP) is 3.64. The Hall–Kier alpha value is -3.51. The van der Waals surface area contributed by atoms with Crippen LogP contribution in [0.25, 0.3) is 0 Å². The molecule has 0 unspecified atom stereocenters. The highest BCUT2D eigenvalue weighted by molar-refractivity contribution is 6.04. The minimum Gasteiger partial charge on any atom is -0.494 e. The van der Waals surface area contributed by atoms with E-state index in [0.717, 1.165) is 38.4 Å². The first kappa shape index (κ1) is 23.6. The number of amides is 1. The van der Waals surface area contributed by atoms with Crippen molar-refractivity contribution in [1.29, 1.82) is 0 Å². The third-order valence-corrected chi connectivity index (χ3v) is 6.02. The molecule has 1 aliphatic rings. The minimum absolute atomic E-state index is 0.187. The van der Waals surface area contributed by atoms with E-state index in [-0.39, 0.29) is 5.91 Å². The zero-order valence-electron chi connectivity index (χ0n) is 20.0. The van der Waals surface area contributed by atoms with E-state index in [1.807, 2.05) is 26.0 Å². The second-order valence-electron chi connectivity index (χ2n) is 8.46. The summed E-state index contributed by atoms with van der Waals surface area (Å²) < 4.78 is 11.2. The fraction of sp³-hybridized carbons (Fsp3) is 0.321. The molecule has 0 saturated carbocycles. The molecule has 0 aromatic heterocycles. The van der Waals surface area contributed by atoms with Crippen molar-refractivity contribution < 1.29 is 19.2 Å². The highest BCUT2D eigenvalue weighted by atomic mass is 16.5. The van der Waals surface area contributed by atoms with Crippen molar-refractivity contribution in [3.63, 3.8) is 0 Å². The first-order valence-corrected chi connectivity index (χ1v) is 12.1. The van der Waals surface area contributed by atoms with Crippen molar-refractivity contribution >= 4 is 17.3 Å². The number of hydrogen-bond acceptors (Lipinski definition) is 4. The molecule has 3 aromatic carbocycles. The first-order chi connectivity index (χ1) is 16.6. The van der Waals surface area contributed by atoms with Crippen molar-refractivity contribution in [2.24, 2.45) is 0 Å². The fourth-order valence-corrected chi connectivity index (χ4v) is 4.30. The van der Waals surface area contributed by atoms with Gasteiger partial charge in [0.1, 0.15) is 18.0 Å². The fourth-order valence-electron chi connectivity index (χ4n) is 4.30. The standard InChI is InChI=1S/C28H33N3O3/c1-3-33-26-18-23(19-27(20-26)34-4-2)28(32)29-24-10-12-25(13-11-24)31-16-14-30(15-17-31)21-22-8-6-5-7-9-22/h5-13,18-20H,3-4,14-17,21H2,1-2H3,(H,29,32)/p+1. The number of carbonyl (C=O) groups excluding carboxylic acids is 1. The van der Waals surface area contributed by atoms with Gasteiger partial charge in [-0.15, -0.1) is 0 Å². The van der Waals surface area contributed by atoms with Gasteiger partial charge in [0.2, 0.25) is 0 Å². The summed E-state index contributed by atoms with van der Waals surface area (Å²) in [5, 5.41) is 2.99. The molecule has 0 aliphatic carbocycles. The van der Waals surface area contributed by atoms with Crippen LogP contribution < -0.4 is 24.6 Å². The van der Waals surface area contributed by atoms with E-state index in [0.29, 0.717) is 30.3 Å². The van der Waals surface area contributed by atoms with E-state index >= 15 is 0 Å². The topological polar surface area (TPSA) is 55.2 Å². The van der Waals surface area contributed by atoms with Crippen LogP contribution in [0.5, 0.6) is 11.5 Å². The third-order valence-electron chi connectivity index (χ3n) is 6.02. The van der Waals surface area contributed by atoms with Crippen molar-refractivity contribution in [2.75, 3.05) is 49.6 Å². The van der Waals surface area contributed by atoms with Gasteiger partial charge in [-0.2, -0.15) is 0 Å². The second kappa shape index (κ2) is 11.6. The first-order valence-electron chi connectivity index (χ1n) is 12.1. The molecule has 3 aromatic rings. The molecule has 0 radical (unpaired) electrons. The van der Waals surface area contributed by atoms with Gasteiger partial charge in [0, 0.05) is 28.6 Å². The SMILES string of the molecule is CCOc1cc(OCC)cc(C(=O)Nc2ccc(N3CC[NH+](Cc4ccccc4)CC3)cc2)c1. The molecule has 0 bridgehead atoms. The number of benzene rings is 3. The molecule has 178 valence electrons. The van der Waals surface area contributed by atoms with Crippen LogP contribution >= 0.6 is 0 Å². The van der Waals surface area contributed by atoms with Crippen LogP contribution in [0, 0.1) is 0 Å². The highest BCUT2D eigenvalue weighted by Gasteiger charge is 2.20. The van der Waals surface area contributed by atoms with Crippen molar-refractivity contribution in [3.05, 3.63) is 83.9 Å². The van der Waals surface area contributed by atoms with Crippen LogP contribution in [0.3, 0.4) is 0 Å². The lowest BCUT2D eigenvalue weighted by atomic mass is 10.1. The lowest BCUT2D eigenvalue weighted by Crippen LogP contribution is -3.13. The quantitative estimate of drug-likeness (QED) is 0.512. The summed E-state index contributed by atoms with van der Waals surface area (Å²) in [4.78, 5) is 16.9. The second-order valence-corrected chi connectivity index (χ2v) is 8.46. The van der Waals surface area contributed by atoms with Gasteiger partial charge < -0.3 is 24.6 Å². The van der Waals surface area contributed by atoms with Gasteiger partial charge in [0.15, 0.2) is 0 Å². The van der Waals surface area contributed by atoms with Gasteiger partial charge in [-0.05, 0) is 50.2 Å². The molecule has 4 rings (SSSR count). The third kappa shape index (κ3) is 6.29. The van der Waals surface area contributed by atoms with E-state index in [2.05, 4.69) is 52.7 Å². The highest BCUT2D eigenvalue weighted by Crippen LogP contribution is 2.25. The monoisotopic (exact) mass is 460 g/mol. The van der Waals surface area contributed by atoms with E-state index in [1.54, 1.807) is 23.1 Å². The zero-order valence-corrected chi connectivity index (χ0v) is 20.0. The van der Waals surface area contributed by atoms with E-state index in [9.17, 15) is 4.79 Å². The maximum Gasteiger partial charge on any atom is 0.255 e. The molecule has 1 aliphatic heterocycles. The zero-order chi connectivity index (χ0) is 23.8. The van der Waals surface area contributed by atoms with Crippen LogP contribution in [0.4, 0.5) is 11.4 Å². The summed E-state index contributed by atoms with van der Waals surface area (Å²) in [7, 11) is 0. The average Bonchev–Trinajstić information content (AvgIpc) is 2.86. The number of nitrogens with zero attached hydrogens (tertiary/aromatic N) is 1. The number of ether oxygens (including phenoxy) is 2. The molecule has 2 N–H and O–H groups in total. The van der Waals surface area contributed by atoms with Gasteiger partial charge in [0.05, 0.1) is 39.4 Å². The van der Waals surface area contributed by atoms with Crippen LogP contribution in [-0.4, -0.2) is 45.3 Å². The predicted molar refractivity (Wildman–Crippen MR) is 136 cm³/mol. The van der Waals surface area contributed by atoms with Crippen LogP contribution in [0.2, 0.25) is 0 Å². The smallest absolute Gasteiger partial charge is 0.255 e. The van der Waals surface area contributed by atoms with Gasteiger partial charge in [-0.1, -0.05) is 30.3 Å². The van der Waals surface area contributed by atoms with Gasteiger partial charge in [-0.25, -0.2) is 0 Å². The van der Waals surface area contributed by atoms with Crippen LogP contribution in [0.15, 0.2) is 72.8 Å². The Kier molecular flexibility index (Phi) is 8.04. The van der Waals surface area contributed by atoms with Crippen molar-refractivity contribution in [1.82, 2.24) is 0 Å². The Morgan fingerprint density at radius 3 is 2.09 bits per heavy atom. The summed E-state index contributed by atoms with van der Waals surface area (Å²) in [6.45, 7) is 10.3. The summed E-state index contributed by atoms with van der Waals surface area (Å²) in [5.74, 6) is 1.07. The number of anilines is 2. The number of carbonyl (C=O) groups is 1. The maximum atomic E-state index is 12.9. The molecule has 1 heterocycles. The molecule has 34 heavy (non-hydrogen) atoms. The van der Waals surface area contributed by atoms with E-state index in [1.165, 1.54) is 11.3 Å². The Balaban J connectivity index is 1.34. The molecule has 0 spiro atoms. The molecule has 6 nitrogen and oxygen atoms in total. The van der Waals surface area contributed by atoms with Crippen LogP contribution in [-0.2, 0) is 6.54 Å². The Labute approximate surface area is 202 Å². The number of quaternary nitrogens is 1. The van der Waals surface area contributed by atoms with E-state index in [4.69, 9.17) is 9.47 Å². The van der Waals surface area contributed by atoms with Gasteiger partial charge in [0.25, 0.3) is 5.91 Å². The number of piperazine rings is 1. The Morgan fingerprint density at radius 2 is 1.50 bits per heavy atom. The molecule has 1 amide bonds. The van der Waals surface area contributed by atoms with Gasteiger partial charge in [-0.3, -0.25) is 4.79 Å². The summed E-state index contributed by atoms with van der Waals surface area (Å²) >= 11 is 0. The molecule has 6 heteroatoms. The molecule has 0 atom stereocenters. The van der Waals surface area contributed by atoms with Crippen LogP contribution in [0.1, 0.15) is 29.8 Å². The summed E-state index contributed by atoms with van der Waals surface area (Å²) in [5.41, 5.74) is 3.86. The number of hydrogen-bond donors (Lipinski definition) is 2. The van der Waals surface area contributed by atoms with E-state index < -0.39 is 0 Å². The Morgan fingerprint density at radius 1 is 0.882 bits per heavy atom. The van der Waals surface area contributed by atoms with Gasteiger partial charge >= 0.3 is 0 Å². The molecule has 1 saturated heterocycles. The maximum absolute atomic E-state index is 12.9. The lowest BCUT2D eigenvalue weighted by Gasteiger charge is -2.33. The van der Waals surface area contributed by atoms with Crippen molar-refractivity contribution in [3.8, 4) is 11.5 Å². The normalized spacial score (nSPS) is 14.0. The molecular formula is C28H34N3O3+. The molecular weight excluding hydrogens is 426 g/mol. The molecule has 1 fully saturated rings. The van der Waals surface area contributed by atoms with Crippen molar-refractivity contribution in [2.45, 2.75) is 20.4 Å².